The molecule has 3 heterocycles. The van der Waals surface area contributed by atoms with Crippen molar-refractivity contribution in [3.8, 4) is 0 Å². The van der Waals surface area contributed by atoms with E-state index in [1.54, 1.807) is 0 Å². The molecule has 1 aromatic rings. The number of piperidine rings is 1. The van der Waals surface area contributed by atoms with Gasteiger partial charge in [0.15, 0.2) is 0 Å². The van der Waals surface area contributed by atoms with Crippen molar-refractivity contribution < 1.29 is 0 Å². The third kappa shape index (κ3) is 3.92. The number of nitrogens with zero attached hydrogens (tertiary/aromatic N) is 3. The monoisotopic (exact) mass is 324 g/mol. The molecule has 0 aliphatic carbocycles. The Morgan fingerprint density at radius 1 is 1.18 bits per heavy atom. The molecule has 0 spiro atoms. The van der Waals surface area contributed by atoms with Crippen LogP contribution < -0.4 is 10.2 Å². The van der Waals surface area contributed by atoms with E-state index in [2.05, 4.69) is 53.3 Å². The van der Waals surface area contributed by atoms with Gasteiger partial charge in [0.2, 0.25) is 0 Å². The van der Waals surface area contributed by atoms with Crippen LogP contribution in [0.3, 0.4) is 0 Å². The Hall–Kier alpha value is -0.840. The zero-order valence-corrected chi connectivity index (χ0v) is 14.8. The minimum Gasteiger partial charge on any atom is -0.360 e. The molecule has 2 unspecified atom stereocenters. The Labute approximate surface area is 140 Å². The molecule has 2 bridgehead atoms. The molecule has 3 rings (SSSR count). The minimum atomic E-state index is 0. The van der Waals surface area contributed by atoms with E-state index in [1.807, 2.05) is 6.20 Å². The molecule has 2 aliphatic heterocycles. The molecule has 1 aromatic heterocycles. The van der Waals surface area contributed by atoms with Gasteiger partial charge in [-0.25, -0.2) is 4.98 Å². The second kappa shape index (κ2) is 7.62. The molecule has 124 valence electrons. The number of aromatic nitrogens is 1. The first-order valence-corrected chi connectivity index (χ1v) is 8.28. The van der Waals surface area contributed by atoms with Gasteiger partial charge in [0.05, 0.1) is 0 Å². The van der Waals surface area contributed by atoms with Gasteiger partial charge in [0.25, 0.3) is 0 Å². The van der Waals surface area contributed by atoms with Crippen LogP contribution >= 0.6 is 12.4 Å². The van der Waals surface area contributed by atoms with Gasteiger partial charge in [-0.2, -0.15) is 0 Å². The van der Waals surface area contributed by atoms with Crippen LogP contribution in [-0.4, -0.2) is 48.6 Å². The summed E-state index contributed by atoms with van der Waals surface area (Å²) in [6, 6.07) is 6.60. The number of rotatable bonds is 5. The third-order valence-corrected chi connectivity index (χ3v) is 5.18. The van der Waals surface area contributed by atoms with E-state index < -0.39 is 0 Å². The van der Waals surface area contributed by atoms with E-state index in [0.717, 1.165) is 37.0 Å². The second-order valence-electron chi connectivity index (χ2n) is 6.72. The van der Waals surface area contributed by atoms with Crippen LogP contribution in [0, 0.1) is 0 Å². The molecule has 22 heavy (non-hydrogen) atoms. The predicted octanol–water partition coefficient (Wildman–Crippen LogP) is 2.67. The molecule has 0 saturated carbocycles. The maximum Gasteiger partial charge on any atom is 0.128 e. The van der Waals surface area contributed by atoms with Gasteiger partial charge in [0.1, 0.15) is 5.82 Å². The highest BCUT2D eigenvalue weighted by Gasteiger charge is 2.34. The summed E-state index contributed by atoms with van der Waals surface area (Å²) < 4.78 is 0. The molecule has 2 fully saturated rings. The molecule has 0 radical (unpaired) electrons. The number of pyridine rings is 1. The van der Waals surface area contributed by atoms with Gasteiger partial charge < -0.3 is 10.2 Å². The quantitative estimate of drug-likeness (QED) is 0.902. The van der Waals surface area contributed by atoms with Crippen LogP contribution in [-0.2, 0) is 6.54 Å². The molecule has 4 nitrogen and oxygen atoms in total. The van der Waals surface area contributed by atoms with Crippen molar-refractivity contribution in [1.29, 1.82) is 0 Å². The van der Waals surface area contributed by atoms with Gasteiger partial charge in [-0.15, -0.1) is 12.4 Å². The fraction of sp³-hybridized carbons (Fsp3) is 0.706. The molecule has 2 aliphatic rings. The average molecular weight is 325 g/mol. The third-order valence-electron chi connectivity index (χ3n) is 5.18. The van der Waals surface area contributed by atoms with Crippen molar-refractivity contribution in [3.63, 3.8) is 0 Å². The van der Waals surface area contributed by atoms with Crippen LogP contribution in [0.5, 0.6) is 0 Å². The van der Waals surface area contributed by atoms with E-state index in [4.69, 9.17) is 0 Å². The van der Waals surface area contributed by atoms with E-state index in [0.29, 0.717) is 0 Å². The number of halogens is 1. The Morgan fingerprint density at radius 3 is 2.41 bits per heavy atom. The highest BCUT2D eigenvalue weighted by Crippen LogP contribution is 2.29. The summed E-state index contributed by atoms with van der Waals surface area (Å²) in [7, 11) is 4.35. The van der Waals surface area contributed by atoms with Crippen LogP contribution in [0.1, 0.15) is 38.2 Å². The first-order valence-electron chi connectivity index (χ1n) is 8.28. The summed E-state index contributed by atoms with van der Waals surface area (Å²) in [6.07, 6.45) is 7.38. The molecular weight excluding hydrogens is 296 g/mol. The highest BCUT2D eigenvalue weighted by molar-refractivity contribution is 5.85. The summed E-state index contributed by atoms with van der Waals surface area (Å²) >= 11 is 0. The van der Waals surface area contributed by atoms with Crippen molar-refractivity contribution in [2.24, 2.45) is 0 Å². The number of fused-ring (bicyclic) bond motifs is 2. The zero-order chi connectivity index (χ0) is 14.8. The Morgan fingerprint density at radius 2 is 1.86 bits per heavy atom. The van der Waals surface area contributed by atoms with Crippen LogP contribution in [0.25, 0.3) is 0 Å². The molecule has 0 amide bonds. The fourth-order valence-electron chi connectivity index (χ4n) is 3.70. The number of anilines is 1. The number of nitrogens with one attached hydrogen (secondary N) is 1. The normalized spacial score (nSPS) is 26.8. The maximum absolute atomic E-state index is 4.58. The molecule has 2 atom stereocenters. The van der Waals surface area contributed by atoms with Crippen LogP contribution in [0.15, 0.2) is 18.3 Å². The van der Waals surface area contributed by atoms with Gasteiger partial charge in [-0.3, -0.25) is 4.90 Å². The Bertz CT molecular complexity index is 452. The lowest BCUT2D eigenvalue weighted by Gasteiger charge is -2.35. The summed E-state index contributed by atoms with van der Waals surface area (Å²) in [5.74, 6) is 1.06. The number of hydrogen-bond acceptors (Lipinski definition) is 4. The van der Waals surface area contributed by atoms with E-state index in [1.165, 1.54) is 31.2 Å². The predicted molar refractivity (Wildman–Crippen MR) is 94.9 cm³/mol. The smallest absolute Gasteiger partial charge is 0.128 e. The second-order valence-corrected chi connectivity index (χ2v) is 6.72. The van der Waals surface area contributed by atoms with Crippen molar-refractivity contribution in [3.05, 3.63) is 23.9 Å². The Kier molecular flexibility index (Phi) is 6.07. The van der Waals surface area contributed by atoms with Crippen molar-refractivity contribution >= 4 is 18.2 Å². The van der Waals surface area contributed by atoms with Gasteiger partial charge in [-0.05, 0) is 51.3 Å². The van der Waals surface area contributed by atoms with Crippen LogP contribution in [0.4, 0.5) is 5.82 Å². The summed E-state index contributed by atoms with van der Waals surface area (Å²) in [4.78, 5) is 9.26. The summed E-state index contributed by atoms with van der Waals surface area (Å²) in [5, 5.41) is 3.72. The molecule has 1 N–H and O–H groups in total. The van der Waals surface area contributed by atoms with E-state index in [9.17, 15) is 0 Å². The lowest BCUT2D eigenvalue weighted by Crippen LogP contribution is -2.46. The highest BCUT2D eigenvalue weighted by atomic mass is 35.5. The maximum atomic E-state index is 4.58. The van der Waals surface area contributed by atoms with Crippen molar-refractivity contribution in [1.82, 2.24) is 15.2 Å². The van der Waals surface area contributed by atoms with E-state index >= 15 is 0 Å². The van der Waals surface area contributed by atoms with Gasteiger partial charge >= 0.3 is 0 Å². The van der Waals surface area contributed by atoms with Crippen molar-refractivity contribution in [2.45, 2.75) is 57.3 Å². The molecule has 0 aromatic carbocycles. The zero-order valence-electron chi connectivity index (χ0n) is 14.0. The molecule has 5 heteroatoms. The Balaban J connectivity index is 0.00000176. The minimum absolute atomic E-state index is 0. The fourth-order valence-corrected chi connectivity index (χ4v) is 3.70. The largest absolute Gasteiger partial charge is 0.360 e. The summed E-state index contributed by atoms with van der Waals surface area (Å²) in [6.45, 7) is 4.14. The van der Waals surface area contributed by atoms with Gasteiger partial charge in [0, 0.05) is 44.5 Å². The SMILES string of the molecule is CCN(C)c1ccc(CN(C)C2CC3CCC(C2)N3)cn1.Cl. The molecular formula is C17H29ClN4. The van der Waals surface area contributed by atoms with Crippen molar-refractivity contribution in [2.75, 3.05) is 25.5 Å². The number of hydrogen-bond donors (Lipinski definition) is 1. The van der Waals surface area contributed by atoms with Crippen LogP contribution in [0.2, 0.25) is 0 Å². The average Bonchev–Trinajstić information content (AvgIpc) is 2.85. The standard InChI is InChI=1S/C17H28N4.ClH/c1-4-20(2)17-8-5-13(11-18-17)12-21(3)16-9-14-6-7-15(10-16)19-14;/h5,8,11,14-16,19H,4,6-7,9-10,12H2,1-3H3;1H. The lowest BCUT2D eigenvalue weighted by molar-refractivity contribution is 0.166. The van der Waals surface area contributed by atoms with Gasteiger partial charge in [-0.1, -0.05) is 6.07 Å². The lowest BCUT2D eigenvalue weighted by atomic mass is 9.98. The summed E-state index contributed by atoms with van der Waals surface area (Å²) in [5.41, 5.74) is 1.32. The van der Waals surface area contributed by atoms with E-state index in [-0.39, 0.29) is 12.4 Å². The first kappa shape index (κ1) is 17.5. The topological polar surface area (TPSA) is 31.4 Å². The molecule has 2 saturated heterocycles. The first-order chi connectivity index (χ1) is 10.2.